The Morgan fingerprint density at radius 1 is 1.32 bits per heavy atom. The number of β-lactam (4-membered cyclic amide) rings is 1. The summed E-state index contributed by atoms with van der Waals surface area (Å²) >= 11 is 4.30. The summed E-state index contributed by atoms with van der Waals surface area (Å²) in [5.74, 6) is -1.02. The molecule has 0 radical (unpaired) electrons. The van der Waals surface area contributed by atoms with Crippen molar-refractivity contribution < 1.29 is 19.5 Å². The second-order valence-corrected chi connectivity index (χ2v) is 10.7. The summed E-state index contributed by atoms with van der Waals surface area (Å²) in [7, 11) is 0. The minimum absolute atomic E-state index is 0.00558. The number of aromatic nitrogens is 4. The standard InChI is InChI=1S/C18H20N6O4S3/c1-8-4-9(2)23(22-8)5-12(25)19-13-15(26)24-14(17(27)28)11(6-29-16(13)24)7-30-18-21-20-10(3)31-18/h4,13,16H,5-7H2,1-3H3,(H,19,25)(H,27,28)/t13-,16-/m1/s1. The van der Waals surface area contributed by atoms with Gasteiger partial charge >= 0.3 is 5.97 Å². The van der Waals surface area contributed by atoms with Crippen LogP contribution in [0.5, 0.6) is 0 Å². The van der Waals surface area contributed by atoms with Crippen molar-refractivity contribution in [2.24, 2.45) is 0 Å². The van der Waals surface area contributed by atoms with E-state index >= 15 is 0 Å². The quantitative estimate of drug-likeness (QED) is 0.443. The summed E-state index contributed by atoms with van der Waals surface area (Å²) in [6.45, 7) is 5.56. The minimum atomic E-state index is -1.14. The summed E-state index contributed by atoms with van der Waals surface area (Å²) in [6.07, 6.45) is 0. The first kappa shape index (κ1) is 21.8. The van der Waals surface area contributed by atoms with Crippen LogP contribution in [-0.4, -0.2) is 70.7 Å². The highest BCUT2D eigenvalue weighted by molar-refractivity contribution is 8.01. The van der Waals surface area contributed by atoms with Gasteiger partial charge in [-0.2, -0.15) is 5.10 Å². The van der Waals surface area contributed by atoms with Crippen LogP contribution in [0.15, 0.2) is 21.7 Å². The number of fused-ring (bicyclic) bond motifs is 1. The fourth-order valence-electron chi connectivity index (χ4n) is 3.47. The molecule has 4 rings (SSSR count). The number of thioether (sulfide) groups is 2. The molecule has 10 nitrogen and oxygen atoms in total. The summed E-state index contributed by atoms with van der Waals surface area (Å²) in [5, 5.41) is 25.1. The number of carboxylic acid groups (broad SMARTS) is 1. The molecule has 2 aromatic rings. The zero-order valence-corrected chi connectivity index (χ0v) is 19.4. The fraction of sp³-hybridized carbons (Fsp3) is 0.444. The van der Waals surface area contributed by atoms with E-state index in [2.05, 4.69) is 20.6 Å². The van der Waals surface area contributed by atoms with Crippen LogP contribution in [0.25, 0.3) is 0 Å². The van der Waals surface area contributed by atoms with Crippen molar-refractivity contribution >= 4 is 52.6 Å². The highest BCUT2D eigenvalue weighted by Crippen LogP contribution is 2.41. The van der Waals surface area contributed by atoms with Gasteiger partial charge in [-0.3, -0.25) is 19.2 Å². The van der Waals surface area contributed by atoms with E-state index < -0.39 is 23.3 Å². The molecule has 2 atom stereocenters. The SMILES string of the molecule is Cc1cc(C)n(CC(=O)N[C@@H]2C(=O)N3C(C(=O)O)=C(CSc4nnc(C)s4)CS[C@H]23)n1. The van der Waals surface area contributed by atoms with E-state index in [-0.39, 0.29) is 18.1 Å². The van der Waals surface area contributed by atoms with Gasteiger partial charge in [-0.15, -0.1) is 22.0 Å². The second kappa shape index (κ2) is 8.63. The molecule has 0 aliphatic carbocycles. The lowest BCUT2D eigenvalue weighted by molar-refractivity contribution is -0.150. The van der Waals surface area contributed by atoms with Crippen LogP contribution < -0.4 is 5.32 Å². The van der Waals surface area contributed by atoms with Crippen molar-refractivity contribution in [3.8, 4) is 0 Å². The number of rotatable bonds is 7. The maximum absolute atomic E-state index is 12.7. The van der Waals surface area contributed by atoms with Gasteiger partial charge in [0.05, 0.1) is 5.69 Å². The molecule has 0 aromatic carbocycles. The van der Waals surface area contributed by atoms with Crippen molar-refractivity contribution in [2.75, 3.05) is 11.5 Å². The predicted octanol–water partition coefficient (Wildman–Crippen LogP) is 1.19. The van der Waals surface area contributed by atoms with Gasteiger partial charge in [-0.05, 0) is 32.4 Å². The molecule has 2 aliphatic heterocycles. The number of nitrogens with one attached hydrogen (secondary N) is 1. The molecular weight excluding hydrogens is 460 g/mol. The van der Waals surface area contributed by atoms with Crippen LogP contribution in [0.2, 0.25) is 0 Å². The van der Waals surface area contributed by atoms with Gasteiger partial charge in [0.1, 0.15) is 28.7 Å². The van der Waals surface area contributed by atoms with Gasteiger partial charge in [0.25, 0.3) is 5.91 Å². The van der Waals surface area contributed by atoms with Crippen molar-refractivity contribution in [1.82, 2.24) is 30.2 Å². The molecule has 0 bridgehead atoms. The molecule has 13 heteroatoms. The van der Waals surface area contributed by atoms with Gasteiger partial charge < -0.3 is 10.4 Å². The lowest BCUT2D eigenvalue weighted by Gasteiger charge is -2.49. The Kier molecular flexibility index (Phi) is 6.08. The number of hydrogen-bond donors (Lipinski definition) is 2. The van der Waals surface area contributed by atoms with Crippen LogP contribution in [0.1, 0.15) is 16.4 Å². The molecule has 2 amide bonds. The first-order chi connectivity index (χ1) is 14.7. The summed E-state index contributed by atoms with van der Waals surface area (Å²) in [5.41, 5.74) is 2.33. The van der Waals surface area contributed by atoms with Crippen molar-refractivity contribution in [2.45, 2.75) is 43.1 Å². The van der Waals surface area contributed by atoms with Crippen LogP contribution in [0.3, 0.4) is 0 Å². The molecule has 0 unspecified atom stereocenters. The second-order valence-electron chi connectivity index (χ2n) is 7.17. The first-order valence-corrected chi connectivity index (χ1v) is 12.2. The number of carbonyl (C=O) groups excluding carboxylic acids is 2. The average Bonchev–Trinajstić information content (AvgIpc) is 3.27. The Balaban J connectivity index is 1.43. The number of carboxylic acids is 1. The normalized spacial score (nSPS) is 20.5. The van der Waals surface area contributed by atoms with Gasteiger partial charge in [0.2, 0.25) is 5.91 Å². The van der Waals surface area contributed by atoms with E-state index in [1.54, 1.807) is 4.68 Å². The van der Waals surface area contributed by atoms with Crippen molar-refractivity contribution in [1.29, 1.82) is 0 Å². The minimum Gasteiger partial charge on any atom is -0.477 e. The number of amides is 2. The largest absolute Gasteiger partial charge is 0.477 e. The van der Waals surface area contributed by atoms with Gasteiger partial charge in [-0.25, -0.2) is 4.79 Å². The zero-order chi connectivity index (χ0) is 22.3. The van der Waals surface area contributed by atoms with Gasteiger partial charge in [0, 0.05) is 17.2 Å². The molecule has 2 N–H and O–H groups in total. The van der Waals surface area contributed by atoms with Gasteiger partial charge in [0.15, 0.2) is 4.34 Å². The molecule has 2 aromatic heterocycles. The molecule has 2 aliphatic rings. The topological polar surface area (TPSA) is 130 Å². The lowest BCUT2D eigenvalue weighted by Crippen LogP contribution is -2.70. The Morgan fingerprint density at radius 3 is 2.71 bits per heavy atom. The third kappa shape index (κ3) is 4.34. The highest BCUT2D eigenvalue weighted by Gasteiger charge is 2.54. The predicted molar refractivity (Wildman–Crippen MR) is 117 cm³/mol. The molecule has 1 fully saturated rings. The van der Waals surface area contributed by atoms with Crippen LogP contribution in [-0.2, 0) is 20.9 Å². The monoisotopic (exact) mass is 480 g/mol. The maximum Gasteiger partial charge on any atom is 0.352 e. The smallest absolute Gasteiger partial charge is 0.352 e. The van der Waals surface area contributed by atoms with E-state index in [0.29, 0.717) is 17.1 Å². The Morgan fingerprint density at radius 2 is 2.10 bits per heavy atom. The van der Waals surface area contributed by atoms with E-state index in [0.717, 1.165) is 20.7 Å². The van der Waals surface area contributed by atoms with Crippen molar-refractivity contribution in [3.05, 3.63) is 33.7 Å². The number of hydrogen-bond acceptors (Lipinski definition) is 9. The number of nitrogens with zero attached hydrogens (tertiary/aromatic N) is 5. The lowest BCUT2D eigenvalue weighted by atomic mass is 10.0. The maximum atomic E-state index is 12.7. The highest BCUT2D eigenvalue weighted by atomic mass is 32.2. The molecule has 31 heavy (non-hydrogen) atoms. The molecule has 1 saturated heterocycles. The number of aliphatic carboxylic acids is 1. The zero-order valence-electron chi connectivity index (χ0n) is 17.0. The molecular formula is C18H20N6O4S3. The third-order valence-corrected chi connectivity index (χ3v) is 8.24. The van der Waals surface area contributed by atoms with E-state index in [1.807, 2.05) is 26.8 Å². The van der Waals surface area contributed by atoms with E-state index in [1.165, 1.54) is 39.8 Å². The van der Waals surface area contributed by atoms with E-state index in [4.69, 9.17) is 0 Å². The summed E-state index contributed by atoms with van der Waals surface area (Å²) in [4.78, 5) is 38.4. The summed E-state index contributed by atoms with van der Waals surface area (Å²) < 4.78 is 2.33. The van der Waals surface area contributed by atoms with Crippen LogP contribution in [0.4, 0.5) is 0 Å². The Bertz CT molecular complexity index is 1090. The molecule has 4 heterocycles. The average molecular weight is 481 g/mol. The Hall–Kier alpha value is -2.38. The number of carbonyl (C=O) groups is 3. The van der Waals surface area contributed by atoms with Crippen LogP contribution >= 0.6 is 34.9 Å². The van der Waals surface area contributed by atoms with Crippen LogP contribution in [0, 0.1) is 20.8 Å². The summed E-state index contributed by atoms with van der Waals surface area (Å²) in [6, 6.07) is 1.12. The first-order valence-electron chi connectivity index (χ1n) is 9.38. The fourth-order valence-corrected chi connectivity index (χ4v) is 6.77. The van der Waals surface area contributed by atoms with Gasteiger partial charge in [-0.1, -0.05) is 23.1 Å². The molecule has 0 saturated carbocycles. The molecule has 0 spiro atoms. The van der Waals surface area contributed by atoms with E-state index in [9.17, 15) is 19.5 Å². The Labute approximate surface area is 190 Å². The third-order valence-electron chi connectivity index (χ3n) is 4.84. The number of aryl methyl sites for hydroxylation is 3. The molecule has 164 valence electrons. The van der Waals surface area contributed by atoms with Crippen molar-refractivity contribution in [3.63, 3.8) is 0 Å².